The van der Waals surface area contributed by atoms with E-state index >= 15 is 0 Å². The maximum atomic E-state index is 11.4. The van der Waals surface area contributed by atoms with E-state index in [0.717, 1.165) is 5.56 Å². The van der Waals surface area contributed by atoms with Crippen molar-refractivity contribution >= 4 is 11.7 Å². The summed E-state index contributed by atoms with van der Waals surface area (Å²) in [5.74, 6) is -0.818. The first-order chi connectivity index (χ1) is 6.20. The van der Waals surface area contributed by atoms with Crippen molar-refractivity contribution in [3.8, 4) is 0 Å². The first-order valence-electron chi connectivity index (χ1n) is 4.11. The second kappa shape index (κ2) is 2.69. The molecule has 0 unspecified atom stereocenters. The first kappa shape index (κ1) is 7.98. The highest BCUT2D eigenvalue weighted by molar-refractivity contribution is 6.06. The topological polar surface area (TPSA) is 60.2 Å². The Morgan fingerprint density at radius 1 is 1.38 bits per heavy atom. The summed E-state index contributed by atoms with van der Waals surface area (Å²) in [7, 11) is 0. The molecule has 0 fully saturated rings. The van der Waals surface area contributed by atoms with Gasteiger partial charge in [0.25, 0.3) is 0 Å². The fourth-order valence-corrected chi connectivity index (χ4v) is 1.71. The minimum Gasteiger partial charge on any atom is -0.369 e. The molecule has 1 amide bonds. The fourth-order valence-electron chi connectivity index (χ4n) is 1.71. The van der Waals surface area contributed by atoms with Crippen LogP contribution in [0.3, 0.4) is 0 Å². The van der Waals surface area contributed by atoms with Crippen molar-refractivity contribution in [1.82, 2.24) is 0 Å². The highest BCUT2D eigenvalue weighted by atomic mass is 16.1. The number of amides is 1. The lowest BCUT2D eigenvalue weighted by atomic mass is 10.0. The molecule has 0 aliphatic heterocycles. The molecule has 0 aromatic heterocycles. The quantitative estimate of drug-likeness (QED) is 0.687. The van der Waals surface area contributed by atoms with Gasteiger partial charge in [0.15, 0.2) is 5.78 Å². The number of benzene rings is 1. The molecule has 13 heavy (non-hydrogen) atoms. The molecular weight excluding hydrogens is 166 g/mol. The minimum atomic E-state index is -0.418. The molecule has 3 nitrogen and oxygen atoms in total. The van der Waals surface area contributed by atoms with Gasteiger partial charge in [0.05, 0.1) is 5.92 Å². The fraction of sp³-hybridized carbons (Fsp3) is 0.200. The molecule has 1 aliphatic rings. The Bertz CT molecular complexity index is 384. The summed E-state index contributed by atoms with van der Waals surface area (Å²) in [5, 5.41) is 0. The number of nitrogens with two attached hydrogens (primary N) is 1. The van der Waals surface area contributed by atoms with Gasteiger partial charge in [0.2, 0.25) is 5.91 Å². The Hall–Kier alpha value is -1.64. The molecule has 1 aromatic carbocycles. The van der Waals surface area contributed by atoms with Crippen LogP contribution in [0.15, 0.2) is 24.3 Å². The van der Waals surface area contributed by atoms with Crippen molar-refractivity contribution in [3.05, 3.63) is 35.4 Å². The van der Waals surface area contributed by atoms with Crippen molar-refractivity contribution in [3.63, 3.8) is 0 Å². The number of ketones is 1. The molecule has 0 heterocycles. The SMILES string of the molecule is NC(=O)[C@@H]1CC(=O)c2ccccc21. The van der Waals surface area contributed by atoms with Crippen molar-refractivity contribution in [1.29, 1.82) is 0 Å². The van der Waals surface area contributed by atoms with Crippen LogP contribution in [0.1, 0.15) is 28.3 Å². The molecule has 2 N–H and O–H groups in total. The predicted octanol–water partition coefficient (Wildman–Crippen LogP) is 0.842. The largest absolute Gasteiger partial charge is 0.369 e. The van der Waals surface area contributed by atoms with Gasteiger partial charge in [-0.2, -0.15) is 0 Å². The molecule has 1 aliphatic carbocycles. The average Bonchev–Trinajstić information content (AvgIpc) is 2.45. The number of rotatable bonds is 1. The van der Waals surface area contributed by atoms with Crippen LogP contribution in [-0.2, 0) is 4.79 Å². The van der Waals surface area contributed by atoms with Gasteiger partial charge in [-0.3, -0.25) is 9.59 Å². The zero-order valence-electron chi connectivity index (χ0n) is 6.99. The number of carbonyl (C=O) groups excluding carboxylic acids is 2. The van der Waals surface area contributed by atoms with Crippen molar-refractivity contribution in [2.75, 3.05) is 0 Å². The van der Waals surface area contributed by atoms with E-state index in [2.05, 4.69) is 0 Å². The van der Waals surface area contributed by atoms with E-state index in [-0.39, 0.29) is 12.2 Å². The zero-order valence-corrected chi connectivity index (χ0v) is 6.99. The summed E-state index contributed by atoms with van der Waals surface area (Å²) in [6.45, 7) is 0. The van der Waals surface area contributed by atoms with Crippen LogP contribution in [-0.4, -0.2) is 11.7 Å². The Morgan fingerprint density at radius 3 is 2.77 bits per heavy atom. The molecule has 66 valence electrons. The number of Topliss-reactive ketones (excluding diaryl/α,β-unsaturated/α-hetero) is 1. The Morgan fingerprint density at radius 2 is 2.08 bits per heavy atom. The maximum absolute atomic E-state index is 11.4. The molecule has 0 saturated carbocycles. The van der Waals surface area contributed by atoms with E-state index in [4.69, 9.17) is 5.73 Å². The van der Waals surface area contributed by atoms with E-state index < -0.39 is 11.8 Å². The van der Waals surface area contributed by atoms with E-state index in [1.807, 2.05) is 6.07 Å². The lowest BCUT2D eigenvalue weighted by molar-refractivity contribution is -0.119. The molecule has 0 saturated heterocycles. The third kappa shape index (κ3) is 1.13. The molecule has 3 heteroatoms. The first-order valence-corrected chi connectivity index (χ1v) is 4.11. The van der Waals surface area contributed by atoms with Gasteiger partial charge in [0, 0.05) is 12.0 Å². The number of hydrogen-bond donors (Lipinski definition) is 1. The lowest BCUT2D eigenvalue weighted by Gasteiger charge is -2.03. The van der Waals surface area contributed by atoms with Crippen LogP contribution in [0.2, 0.25) is 0 Å². The van der Waals surface area contributed by atoms with Crippen LogP contribution in [0.4, 0.5) is 0 Å². The van der Waals surface area contributed by atoms with E-state index in [1.54, 1.807) is 18.2 Å². The highest BCUT2D eigenvalue weighted by Crippen LogP contribution is 2.32. The summed E-state index contributed by atoms with van der Waals surface area (Å²) in [4.78, 5) is 22.4. The van der Waals surface area contributed by atoms with Crippen molar-refractivity contribution in [2.24, 2.45) is 5.73 Å². The molecule has 1 aromatic rings. The van der Waals surface area contributed by atoms with Crippen LogP contribution in [0.5, 0.6) is 0 Å². The van der Waals surface area contributed by atoms with Crippen LogP contribution in [0.25, 0.3) is 0 Å². The van der Waals surface area contributed by atoms with Gasteiger partial charge in [-0.05, 0) is 5.56 Å². The number of fused-ring (bicyclic) bond motifs is 1. The van der Waals surface area contributed by atoms with Gasteiger partial charge < -0.3 is 5.73 Å². The minimum absolute atomic E-state index is 0.0133. The van der Waals surface area contributed by atoms with Gasteiger partial charge in [0.1, 0.15) is 0 Å². The van der Waals surface area contributed by atoms with E-state index in [1.165, 1.54) is 0 Å². The normalized spacial score (nSPS) is 20.0. The van der Waals surface area contributed by atoms with Gasteiger partial charge in [-0.1, -0.05) is 24.3 Å². The van der Waals surface area contributed by atoms with Gasteiger partial charge in [-0.15, -0.1) is 0 Å². The van der Waals surface area contributed by atoms with Crippen LogP contribution in [0, 0.1) is 0 Å². The third-order valence-corrected chi connectivity index (χ3v) is 2.37. The second-order valence-corrected chi connectivity index (χ2v) is 3.17. The highest BCUT2D eigenvalue weighted by Gasteiger charge is 2.32. The Balaban J connectivity index is 2.53. The number of carbonyl (C=O) groups is 2. The van der Waals surface area contributed by atoms with Crippen molar-refractivity contribution in [2.45, 2.75) is 12.3 Å². The maximum Gasteiger partial charge on any atom is 0.225 e. The lowest BCUT2D eigenvalue weighted by Crippen LogP contribution is -2.19. The average molecular weight is 175 g/mol. The monoisotopic (exact) mass is 175 g/mol. The summed E-state index contributed by atoms with van der Waals surface area (Å²) >= 11 is 0. The summed E-state index contributed by atoms with van der Waals surface area (Å²) in [6.07, 6.45) is 0.231. The van der Waals surface area contributed by atoms with Gasteiger partial charge in [-0.25, -0.2) is 0 Å². The smallest absolute Gasteiger partial charge is 0.225 e. The zero-order chi connectivity index (χ0) is 9.42. The number of primary amides is 1. The summed E-state index contributed by atoms with van der Waals surface area (Å²) in [6, 6.07) is 7.13. The summed E-state index contributed by atoms with van der Waals surface area (Å²) < 4.78 is 0. The predicted molar refractivity (Wildman–Crippen MR) is 47.3 cm³/mol. The van der Waals surface area contributed by atoms with Crippen LogP contribution >= 0.6 is 0 Å². The third-order valence-electron chi connectivity index (χ3n) is 2.37. The van der Waals surface area contributed by atoms with E-state index in [9.17, 15) is 9.59 Å². The molecule has 0 spiro atoms. The van der Waals surface area contributed by atoms with E-state index in [0.29, 0.717) is 5.56 Å². The second-order valence-electron chi connectivity index (χ2n) is 3.17. The molecule has 1 atom stereocenters. The molecule has 2 rings (SSSR count). The Labute approximate surface area is 75.5 Å². The molecule has 0 radical (unpaired) electrons. The van der Waals surface area contributed by atoms with Crippen molar-refractivity contribution < 1.29 is 9.59 Å². The van der Waals surface area contributed by atoms with Crippen LogP contribution < -0.4 is 5.73 Å². The Kier molecular flexibility index (Phi) is 1.65. The number of hydrogen-bond acceptors (Lipinski definition) is 2. The summed E-state index contributed by atoms with van der Waals surface area (Å²) in [5.41, 5.74) is 6.61. The molecular formula is C10H9NO2. The van der Waals surface area contributed by atoms with Gasteiger partial charge >= 0.3 is 0 Å². The molecule has 0 bridgehead atoms. The standard InChI is InChI=1S/C10H9NO2/c11-10(13)8-5-9(12)7-4-2-1-3-6(7)8/h1-4,8H,5H2,(H2,11,13)/t8-/m1/s1.